The minimum absolute atomic E-state index is 0.278. The summed E-state index contributed by atoms with van der Waals surface area (Å²) in [6, 6.07) is 11.5. The predicted molar refractivity (Wildman–Crippen MR) is 103 cm³/mol. The van der Waals surface area contributed by atoms with E-state index in [0.29, 0.717) is 33.3 Å². The highest BCUT2D eigenvalue weighted by Gasteiger charge is 2.10. The fourth-order valence-corrected chi connectivity index (χ4v) is 2.41. The molecule has 0 spiro atoms. The summed E-state index contributed by atoms with van der Waals surface area (Å²) in [5.41, 5.74) is 1.86. The summed E-state index contributed by atoms with van der Waals surface area (Å²) < 4.78 is 4.70. The van der Waals surface area contributed by atoms with Gasteiger partial charge in [-0.15, -0.1) is 0 Å². The Morgan fingerprint density at radius 1 is 1.07 bits per heavy atom. The van der Waals surface area contributed by atoms with E-state index in [1.165, 1.54) is 19.5 Å². The van der Waals surface area contributed by atoms with Gasteiger partial charge in [0.25, 0.3) is 5.91 Å². The second-order valence-corrected chi connectivity index (χ2v) is 5.85. The first-order chi connectivity index (χ1) is 13.1. The Balaban J connectivity index is 1.71. The van der Waals surface area contributed by atoms with Gasteiger partial charge in [-0.2, -0.15) is 0 Å². The molecule has 3 aromatic rings. The van der Waals surface area contributed by atoms with Crippen molar-refractivity contribution in [2.24, 2.45) is 0 Å². The van der Waals surface area contributed by atoms with E-state index in [9.17, 15) is 9.59 Å². The van der Waals surface area contributed by atoms with Gasteiger partial charge in [0.05, 0.1) is 40.8 Å². The molecule has 0 aliphatic rings. The first kappa shape index (κ1) is 18.3. The van der Waals surface area contributed by atoms with E-state index >= 15 is 0 Å². The molecule has 0 saturated heterocycles. The Kier molecular flexibility index (Phi) is 5.63. The number of carbonyl (C=O) groups excluding carboxylic acids is 2. The van der Waals surface area contributed by atoms with Gasteiger partial charge >= 0.3 is 5.97 Å². The van der Waals surface area contributed by atoms with Gasteiger partial charge in [-0.25, -0.2) is 9.78 Å². The van der Waals surface area contributed by atoms with Crippen LogP contribution in [0, 0.1) is 0 Å². The fraction of sp³-hybridized carbons (Fsp3) is 0.0526. The number of carbonyl (C=O) groups is 2. The van der Waals surface area contributed by atoms with E-state index < -0.39 is 5.97 Å². The summed E-state index contributed by atoms with van der Waals surface area (Å²) in [4.78, 5) is 31.9. The first-order valence-electron chi connectivity index (χ1n) is 7.89. The molecule has 3 rings (SSSR count). The highest BCUT2D eigenvalue weighted by Crippen LogP contribution is 2.26. The molecule has 2 N–H and O–H groups in total. The number of methoxy groups -OCH3 is 1. The number of hydrogen-bond acceptors (Lipinski definition) is 6. The molecule has 2 aromatic heterocycles. The zero-order chi connectivity index (χ0) is 19.2. The smallest absolute Gasteiger partial charge is 0.337 e. The Morgan fingerprint density at radius 3 is 2.59 bits per heavy atom. The summed E-state index contributed by atoms with van der Waals surface area (Å²) in [6.07, 6.45) is 4.59. The molecule has 7 nitrogen and oxygen atoms in total. The average molecular weight is 383 g/mol. The Hall–Kier alpha value is -3.45. The van der Waals surface area contributed by atoms with Crippen LogP contribution < -0.4 is 10.6 Å². The van der Waals surface area contributed by atoms with Crippen molar-refractivity contribution in [2.45, 2.75) is 0 Å². The van der Waals surface area contributed by atoms with Crippen LogP contribution in [-0.4, -0.2) is 29.0 Å². The predicted octanol–water partition coefficient (Wildman–Crippen LogP) is 3.91. The minimum Gasteiger partial charge on any atom is -0.465 e. The van der Waals surface area contributed by atoms with E-state index in [4.69, 9.17) is 16.3 Å². The third kappa shape index (κ3) is 4.59. The van der Waals surface area contributed by atoms with Gasteiger partial charge in [0.2, 0.25) is 0 Å². The standard InChI is InChI=1S/C19H15ClN4O3/c1-27-19(26)12-4-6-15(20)16(9-12)24-17-7-5-14(11-22-17)23-18(25)13-3-2-8-21-10-13/h2-11H,1H3,(H,22,24)(H,23,25). The molecular weight excluding hydrogens is 368 g/mol. The Bertz CT molecular complexity index is 962. The molecule has 0 radical (unpaired) electrons. The van der Waals surface area contributed by atoms with E-state index in [0.717, 1.165) is 0 Å². The molecule has 0 bridgehead atoms. The number of rotatable bonds is 5. The van der Waals surface area contributed by atoms with E-state index in [2.05, 4.69) is 20.6 Å². The van der Waals surface area contributed by atoms with Crippen LogP contribution in [-0.2, 0) is 4.74 Å². The molecule has 2 heterocycles. The third-order valence-electron chi connectivity index (χ3n) is 3.60. The van der Waals surface area contributed by atoms with Crippen molar-refractivity contribution in [1.29, 1.82) is 0 Å². The van der Waals surface area contributed by atoms with Crippen LogP contribution in [0.3, 0.4) is 0 Å². The largest absolute Gasteiger partial charge is 0.465 e. The van der Waals surface area contributed by atoms with Crippen molar-refractivity contribution in [2.75, 3.05) is 17.7 Å². The van der Waals surface area contributed by atoms with Gasteiger partial charge in [-0.05, 0) is 42.5 Å². The fourth-order valence-electron chi connectivity index (χ4n) is 2.25. The lowest BCUT2D eigenvalue weighted by atomic mass is 10.2. The van der Waals surface area contributed by atoms with Crippen LogP contribution in [0.15, 0.2) is 61.1 Å². The summed E-state index contributed by atoms with van der Waals surface area (Å²) in [5, 5.41) is 6.20. The molecule has 8 heteroatoms. The van der Waals surface area contributed by atoms with Crippen molar-refractivity contribution >= 4 is 40.7 Å². The number of anilines is 3. The van der Waals surface area contributed by atoms with Gasteiger partial charge in [0.15, 0.2) is 0 Å². The van der Waals surface area contributed by atoms with Crippen LogP contribution in [0.2, 0.25) is 5.02 Å². The minimum atomic E-state index is -0.462. The molecule has 27 heavy (non-hydrogen) atoms. The lowest BCUT2D eigenvalue weighted by Gasteiger charge is -2.10. The normalized spacial score (nSPS) is 10.1. The van der Waals surface area contributed by atoms with E-state index in [1.54, 1.807) is 48.7 Å². The second-order valence-electron chi connectivity index (χ2n) is 5.44. The molecule has 136 valence electrons. The lowest BCUT2D eigenvalue weighted by molar-refractivity contribution is 0.0600. The maximum Gasteiger partial charge on any atom is 0.337 e. The zero-order valence-electron chi connectivity index (χ0n) is 14.3. The highest BCUT2D eigenvalue weighted by atomic mass is 35.5. The zero-order valence-corrected chi connectivity index (χ0v) is 15.0. The molecule has 0 aliphatic heterocycles. The SMILES string of the molecule is COC(=O)c1ccc(Cl)c(Nc2ccc(NC(=O)c3cccnc3)cn2)c1. The molecule has 0 fully saturated rings. The number of halogens is 1. The van der Waals surface area contributed by atoms with Gasteiger partial charge in [-0.3, -0.25) is 9.78 Å². The molecule has 1 aromatic carbocycles. The number of ether oxygens (including phenoxy) is 1. The molecule has 1 amide bonds. The van der Waals surface area contributed by atoms with Gasteiger partial charge in [0.1, 0.15) is 5.82 Å². The molecule has 0 atom stereocenters. The van der Waals surface area contributed by atoms with Crippen molar-refractivity contribution in [1.82, 2.24) is 9.97 Å². The maximum atomic E-state index is 12.1. The molecule has 0 unspecified atom stereocenters. The van der Waals surface area contributed by atoms with Crippen LogP contribution in [0.5, 0.6) is 0 Å². The Labute approximate surface area is 160 Å². The number of nitrogens with one attached hydrogen (secondary N) is 2. The van der Waals surface area contributed by atoms with Crippen LogP contribution in [0.4, 0.5) is 17.2 Å². The number of benzene rings is 1. The lowest BCUT2D eigenvalue weighted by Crippen LogP contribution is -2.12. The van der Waals surface area contributed by atoms with Gasteiger partial charge in [0, 0.05) is 12.4 Å². The number of nitrogens with zero attached hydrogens (tertiary/aromatic N) is 2. The molecular formula is C19H15ClN4O3. The second kappa shape index (κ2) is 8.29. The van der Waals surface area contributed by atoms with Crippen molar-refractivity contribution in [3.8, 4) is 0 Å². The highest BCUT2D eigenvalue weighted by molar-refractivity contribution is 6.33. The third-order valence-corrected chi connectivity index (χ3v) is 3.92. The number of pyridine rings is 2. The van der Waals surface area contributed by atoms with Gasteiger partial charge in [-0.1, -0.05) is 11.6 Å². The summed E-state index contributed by atoms with van der Waals surface area (Å²) in [7, 11) is 1.31. The summed E-state index contributed by atoms with van der Waals surface area (Å²) in [6.45, 7) is 0. The quantitative estimate of drug-likeness (QED) is 0.650. The van der Waals surface area contributed by atoms with Crippen LogP contribution >= 0.6 is 11.6 Å². The van der Waals surface area contributed by atoms with Crippen molar-refractivity contribution in [3.05, 3.63) is 77.2 Å². The number of hydrogen-bond donors (Lipinski definition) is 2. The maximum absolute atomic E-state index is 12.1. The van der Waals surface area contributed by atoms with Crippen LogP contribution in [0.1, 0.15) is 20.7 Å². The van der Waals surface area contributed by atoms with Gasteiger partial charge < -0.3 is 15.4 Å². The Morgan fingerprint density at radius 2 is 1.93 bits per heavy atom. The number of esters is 1. The summed E-state index contributed by atoms with van der Waals surface area (Å²) in [5.74, 6) is -0.242. The number of aromatic nitrogens is 2. The number of amides is 1. The van der Waals surface area contributed by atoms with Crippen molar-refractivity contribution < 1.29 is 14.3 Å². The topological polar surface area (TPSA) is 93.2 Å². The van der Waals surface area contributed by atoms with E-state index in [1.807, 2.05) is 0 Å². The molecule has 0 aliphatic carbocycles. The van der Waals surface area contributed by atoms with E-state index in [-0.39, 0.29) is 5.91 Å². The average Bonchev–Trinajstić information content (AvgIpc) is 2.71. The first-order valence-corrected chi connectivity index (χ1v) is 8.27. The monoisotopic (exact) mass is 382 g/mol. The molecule has 0 saturated carbocycles. The van der Waals surface area contributed by atoms with Crippen molar-refractivity contribution in [3.63, 3.8) is 0 Å². The van der Waals surface area contributed by atoms with Crippen LogP contribution in [0.25, 0.3) is 0 Å². The summed E-state index contributed by atoms with van der Waals surface area (Å²) >= 11 is 6.16.